The number of thiocarbonyl (C=S) groups is 1. The van der Waals surface area contributed by atoms with Crippen molar-refractivity contribution in [3.8, 4) is 5.75 Å². The molecule has 1 amide bonds. The van der Waals surface area contributed by atoms with Crippen molar-refractivity contribution in [2.24, 2.45) is 5.73 Å². The van der Waals surface area contributed by atoms with E-state index < -0.39 is 0 Å². The van der Waals surface area contributed by atoms with Gasteiger partial charge in [-0.1, -0.05) is 12.2 Å². The molecule has 0 spiro atoms. The predicted molar refractivity (Wildman–Crippen MR) is 78.9 cm³/mol. The quantitative estimate of drug-likeness (QED) is 0.826. The molecular weight excluding hydrogens is 276 g/mol. The minimum absolute atomic E-state index is 0.263. The van der Waals surface area contributed by atoms with E-state index in [2.05, 4.69) is 15.5 Å². The molecule has 0 aliphatic heterocycles. The van der Waals surface area contributed by atoms with Crippen molar-refractivity contribution in [2.75, 3.05) is 12.4 Å². The van der Waals surface area contributed by atoms with Crippen LogP contribution in [0.25, 0.3) is 0 Å². The fourth-order valence-electron chi connectivity index (χ4n) is 1.57. The number of rotatable bonds is 4. The lowest BCUT2D eigenvalue weighted by Crippen LogP contribution is -2.14. The number of carbonyl (C=O) groups excluding carboxylic acids is 1. The molecular formula is C13H12N4O2S. The molecule has 0 fully saturated rings. The van der Waals surface area contributed by atoms with Crippen LogP contribution in [0.5, 0.6) is 5.75 Å². The van der Waals surface area contributed by atoms with E-state index in [0.29, 0.717) is 22.6 Å². The highest BCUT2D eigenvalue weighted by atomic mass is 32.1. The zero-order chi connectivity index (χ0) is 14.5. The first-order chi connectivity index (χ1) is 9.61. The van der Waals surface area contributed by atoms with Crippen LogP contribution >= 0.6 is 12.2 Å². The molecule has 1 heterocycles. The van der Waals surface area contributed by atoms with Gasteiger partial charge in [0, 0.05) is 5.56 Å². The second-order valence-electron chi connectivity index (χ2n) is 3.86. The third kappa shape index (κ3) is 3.07. The lowest BCUT2D eigenvalue weighted by molar-refractivity contribution is 0.102. The Bertz CT molecular complexity index is 646. The summed E-state index contributed by atoms with van der Waals surface area (Å²) in [6, 6.07) is 6.63. The van der Waals surface area contributed by atoms with Gasteiger partial charge in [0.2, 0.25) is 0 Å². The first-order valence-electron chi connectivity index (χ1n) is 5.67. The summed E-state index contributed by atoms with van der Waals surface area (Å²) in [6.07, 6.45) is 2.83. The smallest absolute Gasteiger partial charge is 0.257 e. The van der Waals surface area contributed by atoms with Crippen molar-refractivity contribution in [1.29, 1.82) is 0 Å². The van der Waals surface area contributed by atoms with Gasteiger partial charge in [0.05, 0.1) is 30.8 Å². The van der Waals surface area contributed by atoms with Gasteiger partial charge in [0.15, 0.2) is 0 Å². The molecule has 0 saturated carbocycles. The Labute approximate surface area is 121 Å². The monoisotopic (exact) mass is 288 g/mol. The van der Waals surface area contributed by atoms with Gasteiger partial charge < -0.3 is 15.8 Å². The number of nitrogens with two attached hydrogens (primary N) is 1. The van der Waals surface area contributed by atoms with Gasteiger partial charge in [0.25, 0.3) is 5.91 Å². The number of anilines is 1. The molecule has 7 heteroatoms. The molecule has 2 rings (SSSR count). The van der Waals surface area contributed by atoms with E-state index in [1.54, 1.807) is 24.3 Å². The third-order valence-electron chi connectivity index (χ3n) is 2.58. The number of hydrogen-bond acceptors (Lipinski definition) is 5. The fraction of sp³-hybridized carbons (Fsp3) is 0.0769. The highest BCUT2D eigenvalue weighted by Gasteiger charge is 2.11. The maximum atomic E-state index is 12.0. The van der Waals surface area contributed by atoms with Crippen LogP contribution in [-0.4, -0.2) is 28.2 Å². The van der Waals surface area contributed by atoms with Crippen LogP contribution < -0.4 is 15.8 Å². The largest absolute Gasteiger partial charge is 0.495 e. The molecule has 102 valence electrons. The zero-order valence-corrected chi connectivity index (χ0v) is 11.5. The van der Waals surface area contributed by atoms with Gasteiger partial charge in [-0.25, -0.2) is 0 Å². The van der Waals surface area contributed by atoms with E-state index in [-0.39, 0.29) is 10.9 Å². The van der Waals surface area contributed by atoms with Crippen LogP contribution in [0.1, 0.15) is 15.9 Å². The molecule has 0 bridgehead atoms. The summed E-state index contributed by atoms with van der Waals surface area (Å²) < 4.78 is 5.22. The number of nitrogens with one attached hydrogen (secondary N) is 1. The molecule has 1 aromatic carbocycles. The van der Waals surface area contributed by atoms with Crippen molar-refractivity contribution in [3.05, 3.63) is 47.8 Å². The minimum Gasteiger partial charge on any atom is -0.495 e. The Balaban J connectivity index is 2.25. The Hall–Kier alpha value is -2.54. The summed E-state index contributed by atoms with van der Waals surface area (Å²) in [5.74, 6) is 0.173. The van der Waals surface area contributed by atoms with E-state index in [4.69, 9.17) is 22.7 Å². The van der Waals surface area contributed by atoms with Gasteiger partial charge in [-0.15, -0.1) is 0 Å². The van der Waals surface area contributed by atoms with Crippen molar-refractivity contribution < 1.29 is 9.53 Å². The minimum atomic E-state index is -0.304. The number of aromatic nitrogens is 2. The number of methoxy groups -OCH3 is 1. The highest BCUT2D eigenvalue weighted by molar-refractivity contribution is 7.80. The number of carbonyl (C=O) groups is 1. The number of nitrogens with zero attached hydrogens (tertiary/aromatic N) is 2. The second-order valence-corrected chi connectivity index (χ2v) is 4.30. The van der Waals surface area contributed by atoms with Gasteiger partial charge in [0.1, 0.15) is 10.7 Å². The van der Waals surface area contributed by atoms with E-state index in [1.165, 1.54) is 19.5 Å². The summed E-state index contributed by atoms with van der Waals surface area (Å²) in [5, 5.41) is 10.00. The van der Waals surface area contributed by atoms with Crippen LogP contribution in [0, 0.1) is 0 Å². The average Bonchev–Trinajstić information content (AvgIpc) is 2.48. The molecule has 6 nitrogen and oxygen atoms in total. The van der Waals surface area contributed by atoms with Crippen molar-refractivity contribution in [1.82, 2.24) is 10.2 Å². The number of ether oxygens (including phenoxy) is 1. The Morgan fingerprint density at radius 2 is 2.10 bits per heavy atom. The van der Waals surface area contributed by atoms with E-state index in [0.717, 1.165) is 0 Å². The van der Waals surface area contributed by atoms with E-state index in [9.17, 15) is 4.79 Å². The van der Waals surface area contributed by atoms with E-state index in [1.807, 2.05) is 0 Å². The van der Waals surface area contributed by atoms with Gasteiger partial charge >= 0.3 is 0 Å². The predicted octanol–water partition coefficient (Wildman–Crippen LogP) is 1.37. The standard InChI is InChI=1S/C13H12N4O2S/c1-19-11-6-8(12(14)20)2-3-10(11)17-13(18)9-4-5-15-16-7-9/h2-7H,1H3,(H2,14,20)(H,17,18). The Morgan fingerprint density at radius 1 is 1.30 bits per heavy atom. The molecule has 0 aliphatic carbocycles. The summed E-state index contributed by atoms with van der Waals surface area (Å²) in [6.45, 7) is 0. The van der Waals surface area contributed by atoms with Crippen LogP contribution in [0.2, 0.25) is 0 Å². The topological polar surface area (TPSA) is 90.1 Å². The fourth-order valence-corrected chi connectivity index (χ4v) is 1.69. The molecule has 2 aromatic rings. The second kappa shape index (κ2) is 6.07. The van der Waals surface area contributed by atoms with Gasteiger partial charge in [-0.2, -0.15) is 10.2 Å². The molecule has 0 saturated heterocycles. The van der Waals surface area contributed by atoms with E-state index >= 15 is 0 Å². The molecule has 0 atom stereocenters. The normalized spacial score (nSPS) is 9.85. The van der Waals surface area contributed by atoms with Gasteiger partial charge in [-0.05, 0) is 24.3 Å². The third-order valence-corrected chi connectivity index (χ3v) is 2.82. The molecule has 3 N–H and O–H groups in total. The zero-order valence-electron chi connectivity index (χ0n) is 10.7. The first kappa shape index (κ1) is 13.9. The number of hydrogen-bond donors (Lipinski definition) is 2. The summed E-state index contributed by atoms with van der Waals surface area (Å²) in [7, 11) is 1.50. The van der Waals surface area contributed by atoms with Crippen LogP contribution in [0.3, 0.4) is 0 Å². The summed E-state index contributed by atoms with van der Waals surface area (Å²) >= 11 is 4.90. The summed E-state index contributed by atoms with van der Waals surface area (Å²) in [4.78, 5) is 12.3. The number of benzene rings is 1. The maximum Gasteiger partial charge on any atom is 0.257 e. The Morgan fingerprint density at radius 3 is 2.70 bits per heavy atom. The van der Waals surface area contributed by atoms with Crippen molar-refractivity contribution >= 4 is 28.8 Å². The Kier molecular flexibility index (Phi) is 4.21. The van der Waals surface area contributed by atoms with Crippen LogP contribution in [0.4, 0.5) is 5.69 Å². The summed E-state index contributed by atoms with van der Waals surface area (Å²) in [5.41, 5.74) is 7.15. The van der Waals surface area contributed by atoms with Gasteiger partial charge in [-0.3, -0.25) is 4.79 Å². The molecule has 1 aromatic heterocycles. The molecule has 0 aliphatic rings. The number of amides is 1. The molecule has 0 radical (unpaired) electrons. The van der Waals surface area contributed by atoms with Crippen LogP contribution in [0.15, 0.2) is 36.7 Å². The first-order valence-corrected chi connectivity index (χ1v) is 6.08. The molecule has 0 unspecified atom stereocenters. The van der Waals surface area contributed by atoms with Crippen LogP contribution in [-0.2, 0) is 0 Å². The maximum absolute atomic E-state index is 12.0. The lowest BCUT2D eigenvalue weighted by atomic mass is 10.1. The lowest BCUT2D eigenvalue weighted by Gasteiger charge is -2.11. The average molecular weight is 288 g/mol. The SMILES string of the molecule is COc1cc(C(N)=S)ccc1NC(=O)c1ccnnc1. The van der Waals surface area contributed by atoms with Crippen molar-refractivity contribution in [2.45, 2.75) is 0 Å². The highest BCUT2D eigenvalue weighted by Crippen LogP contribution is 2.26. The molecule has 20 heavy (non-hydrogen) atoms. The van der Waals surface area contributed by atoms with Crippen molar-refractivity contribution in [3.63, 3.8) is 0 Å².